The van der Waals surface area contributed by atoms with Crippen LogP contribution in [0.3, 0.4) is 0 Å². The highest BCUT2D eigenvalue weighted by Crippen LogP contribution is 2.30. The van der Waals surface area contributed by atoms with E-state index in [0.29, 0.717) is 11.7 Å². The number of aryl methyl sites for hydroxylation is 1. The van der Waals surface area contributed by atoms with Crippen LogP contribution in [-0.2, 0) is 17.2 Å². The number of nitrogen functional groups attached to an aromatic ring is 1. The van der Waals surface area contributed by atoms with Crippen LogP contribution in [0, 0.1) is 0 Å². The Hall–Kier alpha value is -1.21. The smallest absolute Gasteiger partial charge is 0.222 e. The lowest BCUT2D eigenvalue weighted by Gasteiger charge is -2.31. The van der Waals surface area contributed by atoms with Crippen molar-refractivity contribution in [1.82, 2.24) is 15.3 Å². The van der Waals surface area contributed by atoms with Crippen molar-refractivity contribution in [3.63, 3.8) is 0 Å². The van der Waals surface area contributed by atoms with Gasteiger partial charge in [-0.15, -0.1) is 0 Å². The summed E-state index contributed by atoms with van der Waals surface area (Å²) in [6.45, 7) is 3.59. The van der Waals surface area contributed by atoms with Gasteiger partial charge in [0.1, 0.15) is 4.90 Å². The van der Waals surface area contributed by atoms with Gasteiger partial charge in [-0.2, -0.15) is 4.98 Å². The predicted molar refractivity (Wildman–Crippen MR) is 71.1 cm³/mol. The lowest BCUT2D eigenvalue weighted by molar-refractivity contribution is 0.578. The second-order valence-electron chi connectivity index (χ2n) is 4.57. The summed E-state index contributed by atoms with van der Waals surface area (Å²) in [5, 5.41) is 3.30. The van der Waals surface area contributed by atoms with E-state index in [-0.39, 0.29) is 0 Å². The molecule has 0 saturated carbocycles. The van der Waals surface area contributed by atoms with Crippen LogP contribution in [0.25, 0.3) is 0 Å². The Balaban J connectivity index is 2.06. The van der Waals surface area contributed by atoms with Crippen LogP contribution in [0.15, 0.2) is 4.90 Å². The molecular weight excluding hydrogens is 250 g/mol. The highest BCUT2D eigenvalue weighted by molar-refractivity contribution is 7.85. The number of nitrogens with zero attached hydrogens (tertiary/aromatic N) is 3. The van der Waals surface area contributed by atoms with Gasteiger partial charge in [0.2, 0.25) is 5.95 Å². The fourth-order valence-electron chi connectivity index (χ4n) is 2.47. The van der Waals surface area contributed by atoms with Crippen LogP contribution in [0.5, 0.6) is 0 Å². The van der Waals surface area contributed by atoms with Crippen LogP contribution >= 0.6 is 0 Å². The van der Waals surface area contributed by atoms with Gasteiger partial charge >= 0.3 is 0 Å². The zero-order valence-electron chi connectivity index (χ0n) is 10.2. The summed E-state index contributed by atoms with van der Waals surface area (Å²) >= 11 is 0. The van der Waals surface area contributed by atoms with E-state index in [9.17, 15) is 4.21 Å². The maximum absolute atomic E-state index is 12.2. The molecule has 1 aromatic heterocycles. The Morgan fingerprint density at radius 1 is 1.28 bits per heavy atom. The first-order valence-electron chi connectivity index (χ1n) is 6.26. The third kappa shape index (κ3) is 2.08. The van der Waals surface area contributed by atoms with Crippen LogP contribution in [0.4, 0.5) is 11.8 Å². The monoisotopic (exact) mass is 267 g/mol. The number of hydrogen-bond acceptors (Lipinski definition) is 6. The first kappa shape index (κ1) is 11.9. The standard InChI is InChI=1S/C11H17N5OS/c12-11-14-8-2-1-7-18(17)9(8)10(15-11)16-5-3-13-4-6-16/h13H,1-7H2,(H2,12,14,15). The Kier molecular flexibility index (Phi) is 3.17. The van der Waals surface area contributed by atoms with Crippen LogP contribution in [-0.4, -0.2) is 46.1 Å². The van der Waals surface area contributed by atoms with Crippen molar-refractivity contribution in [3.8, 4) is 0 Å². The normalized spacial score (nSPS) is 23.8. The molecule has 0 bridgehead atoms. The highest BCUT2D eigenvalue weighted by atomic mass is 32.2. The van der Waals surface area contributed by atoms with Crippen molar-refractivity contribution in [2.24, 2.45) is 0 Å². The molecule has 98 valence electrons. The third-order valence-corrected chi connectivity index (χ3v) is 4.86. The van der Waals surface area contributed by atoms with Crippen molar-refractivity contribution in [2.45, 2.75) is 17.7 Å². The summed E-state index contributed by atoms with van der Waals surface area (Å²) < 4.78 is 12.2. The van der Waals surface area contributed by atoms with E-state index in [4.69, 9.17) is 5.73 Å². The van der Waals surface area contributed by atoms with Gasteiger partial charge in [-0.25, -0.2) is 4.98 Å². The molecule has 3 heterocycles. The van der Waals surface area contributed by atoms with Crippen molar-refractivity contribution in [2.75, 3.05) is 42.6 Å². The number of fused-ring (bicyclic) bond motifs is 1. The summed E-state index contributed by atoms with van der Waals surface area (Å²) in [5.41, 5.74) is 6.65. The Labute approximate surface area is 108 Å². The van der Waals surface area contributed by atoms with E-state index in [2.05, 4.69) is 20.2 Å². The molecule has 7 heteroatoms. The maximum atomic E-state index is 12.2. The maximum Gasteiger partial charge on any atom is 0.222 e. The predicted octanol–water partition coefficient (Wildman–Crippen LogP) is -0.478. The van der Waals surface area contributed by atoms with E-state index in [1.807, 2.05) is 0 Å². The van der Waals surface area contributed by atoms with Gasteiger partial charge in [-0.3, -0.25) is 4.21 Å². The average molecular weight is 267 g/mol. The molecule has 1 fully saturated rings. The van der Waals surface area contributed by atoms with Gasteiger partial charge in [0.25, 0.3) is 0 Å². The minimum atomic E-state index is -0.979. The van der Waals surface area contributed by atoms with Gasteiger partial charge in [0.05, 0.1) is 16.5 Å². The molecule has 1 saturated heterocycles. The fraction of sp³-hybridized carbons (Fsp3) is 0.636. The van der Waals surface area contributed by atoms with Crippen molar-refractivity contribution in [3.05, 3.63) is 5.69 Å². The summed E-state index contributed by atoms with van der Waals surface area (Å²) in [7, 11) is -0.979. The first-order chi connectivity index (χ1) is 8.75. The first-order valence-corrected chi connectivity index (χ1v) is 7.58. The number of nitrogens with one attached hydrogen (secondary N) is 1. The fourth-order valence-corrected chi connectivity index (χ4v) is 3.87. The summed E-state index contributed by atoms with van der Waals surface area (Å²) in [6, 6.07) is 0. The molecule has 1 aromatic rings. The quantitative estimate of drug-likeness (QED) is 0.715. The lowest BCUT2D eigenvalue weighted by Crippen LogP contribution is -2.44. The molecule has 0 spiro atoms. The Morgan fingerprint density at radius 3 is 2.83 bits per heavy atom. The average Bonchev–Trinajstić information content (AvgIpc) is 2.39. The highest BCUT2D eigenvalue weighted by Gasteiger charge is 2.26. The number of piperazine rings is 1. The number of rotatable bonds is 1. The zero-order chi connectivity index (χ0) is 12.5. The Bertz CT molecular complexity index is 487. The summed E-state index contributed by atoms with van der Waals surface area (Å²) in [5.74, 6) is 1.79. The van der Waals surface area contributed by atoms with E-state index in [0.717, 1.165) is 55.4 Å². The van der Waals surface area contributed by atoms with E-state index in [1.165, 1.54) is 0 Å². The largest absolute Gasteiger partial charge is 0.368 e. The van der Waals surface area contributed by atoms with Gasteiger partial charge in [-0.05, 0) is 12.8 Å². The molecule has 2 aliphatic rings. The zero-order valence-corrected chi connectivity index (χ0v) is 11.0. The summed E-state index contributed by atoms with van der Waals surface area (Å²) in [4.78, 5) is 11.6. The molecule has 1 atom stereocenters. The van der Waals surface area contributed by atoms with Crippen molar-refractivity contribution in [1.29, 1.82) is 0 Å². The van der Waals surface area contributed by atoms with E-state index >= 15 is 0 Å². The van der Waals surface area contributed by atoms with Gasteiger partial charge in [0.15, 0.2) is 5.82 Å². The molecule has 3 N–H and O–H groups in total. The van der Waals surface area contributed by atoms with E-state index in [1.54, 1.807) is 0 Å². The molecule has 0 amide bonds. The number of aromatic nitrogens is 2. The van der Waals surface area contributed by atoms with Crippen LogP contribution in [0.2, 0.25) is 0 Å². The molecule has 6 nitrogen and oxygen atoms in total. The molecule has 0 aromatic carbocycles. The van der Waals surface area contributed by atoms with Gasteiger partial charge < -0.3 is 16.0 Å². The molecule has 0 radical (unpaired) electrons. The second-order valence-corrected chi connectivity index (χ2v) is 6.08. The minimum Gasteiger partial charge on any atom is -0.368 e. The van der Waals surface area contributed by atoms with Crippen molar-refractivity contribution < 1.29 is 4.21 Å². The van der Waals surface area contributed by atoms with E-state index < -0.39 is 10.8 Å². The molecule has 0 aliphatic carbocycles. The molecular formula is C11H17N5OS. The molecule has 18 heavy (non-hydrogen) atoms. The number of nitrogens with two attached hydrogens (primary N) is 1. The van der Waals surface area contributed by atoms with Crippen LogP contribution in [0.1, 0.15) is 12.1 Å². The summed E-state index contributed by atoms with van der Waals surface area (Å²) in [6.07, 6.45) is 1.77. The second kappa shape index (κ2) is 4.81. The minimum absolute atomic E-state index is 0.293. The molecule has 2 aliphatic heterocycles. The molecule has 3 rings (SSSR count). The number of hydrogen-bond donors (Lipinski definition) is 2. The number of anilines is 2. The van der Waals surface area contributed by atoms with Gasteiger partial charge in [-0.1, -0.05) is 0 Å². The van der Waals surface area contributed by atoms with Gasteiger partial charge in [0, 0.05) is 31.9 Å². The van der Waals surface area contributed by atoms with Crippen LogP contribution < -0.4 is 16.0 Å². The topological polar surface area (TPSA) is 84.1 Å². The SMILES string of the molecule is Nc1nc2c(c(N3CCNCC3)n1)S(=O)CCC2. The molecule has 1 unspecified atom stereocenters. The lowest BCUT2D eigenvalue weighted by atomic mass is 10.2. The van der Waals surface area contributed by atoms with Crippen molar-refractivity contribution >= 4 is 22.6 Å². The third-order valence-electron chi connectivity index (χ3n) is 3.32. The Morgan fingerprint density at radius 2 is 2.06 bits per heavy atom.